The number of hydrogen-bond donors (Lipinski definition) is 0. The van der Waals surface area contributed by atoms with E-state index in [0.29, 0.717) is 25.3 Å². The molecule has 0 spiro atoms. The van der Waals surface area contributed by atoms with Gasteiger partial charge in [-0.3, -0.25) is 4.90 Å². The minimum absolute atomic E-state index is 0.336. The Bertz CT molecular complexity index is 613. The third-order valence-corrected chi connectivity index (χ3v) is 5.36. The summed E-state index contributed by atoms with van der Waals surface area (Å²) in [5.74, 6) is 0. The van der Waals surface area contributed by atoms with Crippen molar-refractivity contribution in [1.29, 1.82) is 0 Å². The molecule has 1 aliphatic rings. The Labute approximate surface area is 162 Å². The first-order chi connectivity index (χ1) is 13.3. The fourth-order valence-corrected chi connectivity index (χ4v) is 3.91. The van der Waals surface area contributed by atoms with Gasteiger partial charge in [0.05, 0.1) is 12.6 Å². The first kappa shape index (κ1) is 19.7. The van der Waals surface area contributed by atoms with Crippen molar-refractivity contribution in [1.82, 2.24) is 4.90 Å². The van der Waals surface area contributed by atoms with Crippen molar-refractivity contribution < 1.29 is 4.74 Å². The number of benzene rings is 2. The van der Waals surface area contributed by atoms with Crippen LogP contribution in [0.25, 0.3) is 0 Å². The normalized spacial score (nSPS) is 19.9. The summed E-state index contributed by atoms with van der Waals surface area (Å²) in [5, 5.41) is 2.90. The molecule has 1 fully saturated rings. The van der Waals surface area contributed by atoms with Gasteiger partial charge in [-0.15, -0.1) is 0 Å². The first-order valence-electron chi connectivity index (χ1n) is 10.1. The van der Waals surface area contributed by atoms with Gasteiger partial charge in [-0.2, -0.15) is 4.91 Å². The van der Waals surface area contributed by atoms with Gasteiger partial charge in [0.1, 0.15) is 0 Å². The molecule has 0 bridgehead atoms. The zero-order valence-corrected chi connectivity index (χ0v) is 16.0. The molecule has 4 heteroatoms. The van der Waals surface area contributed by atoms with Gasteiger partial charge < -0.3 is 4.74 Å². The predicted molar refractivity (Wildman–Crippen MR) is 109 cm³/mol. The van der Waals surface area contributed by atoms with Gasteiger partial charge in [-0.25, -0.2) is 0 Å². The highest BCUT2D eigenvalue weighted by Crippen LogP contribution is 2.27. The second-order valence-corrected chi connectivity index (χ2v) is 7.38. The molecular formula is C23H30N2O2. The van der Waals surface area contributed by atoms with E-state index in [1.54, 1.807) is 0 Å². The number of ether oxygens (including phenoxy) is 1. The van der Waals surface area contributed by atoms with Crippen molar-refractivity contribution in [2.24, 2.45) is 5.18 Å². The Morgan fingerprint density at radius 1 is 0.852 bits per heavy atom. The van der Waals surface area contributed by atoms with Crippen molar-refractivity contribution >= 4 is 0 Å². The molecule has 0 unspecified atom stereocenters. The molecule has 2 aromatic carbocycles. The Balaban J connectivity index is 1.57. The van der Waals surface area contributed by atoms with Crippen molar-refractivity contribution in [3.63, 3.8) is 0 Å². The predicted octanol–water partition coefficient (Wildman–Crippen LogP) is 5.17. The van der Waals surface area contributed by atoms with Crippen LogP contribution in [-0.4, -0.2) is 30.2 Å². The SMILES string of the molecule is O=NCCCO[C@H]1CC[C@H](N(Cc2ccccc2)Cc2ccccc2)CC1. The molecule has 2 aromatic rings. The van der Waals surface area contributed by atoms with Crippen LogP contribution in [0.2, 0.25) is 0 Å². The molecule has 0 N–H and O–H groups in total. The molecule has 0 aromatic heterocycles. The average Bonchev–Trinajstić information content (AvgIpc) is 2.73. The molecule has 0 radical (unpaired) electrons. The van der Waals surface area contributed by atoms with Gasteiger partial charge in [0.15, 0.2) is 0 Å². The van der Waals surface area contributed by atoms with Crippen molar-refractivity contribution in [2.75, 3.05) is 13.2 Å². The summed E-state index contributed by atoms with van der Waals surface area (Å²) in [6, 6.07) is 22.1. The summed E-state index contributed by atoms with van der Waals surface area (Å²) in [6.07, 6.45) is 5.59. The van der Waals surface area contributed by atoms with Gasteiger partial charge in [0, 0.05) is 25.7 Å². The Hall–Kier alpha value is -2.04. The average molecular weight is 367 g/mol. The van der Waals surface area contributed by atoms with Gasteiger partial charge in [-0.1, -0.05) is 65.8 Å². The second kappa shape index (κ2) is 11.0. The summed E-state index contributed by atoms with van der Waals surface area (Å²) >= 11 is 0. The molecule has 3 rings (SSSR count). The molecule has 144 valence electrons. The van der Waals surface area contributed by atoms with Crippen LogP contribution in [0.4, 0.5) is 0 Å². The highest BCUT2D eigenvalue weighted by Gasteiger charge is 2.26. The van der Waals surface area contributed by atoms with E-state index in [4.69, 9.17) is 4.74 Å². The molecule has 27 heavy (non-hydrogen) atoms. The Morgan fingerprint density at radius 3 is 1.93 bits per heavy atom. The summed E-state index contributed by atoms with van der Waals surface area (Å²) in [4.78, 5) is 12.8. The maximum absolute atomic E-state index is 10.2. The van der Waals surface area contributed by atoms with E-state index in [9.17, 15) is 4.91 Å². The largest absolute Gasteiger partial charge is 0.378 e. The van der Waals surface area contributed by atoms with Crippen LogP contribution in [0.5, 0.6) is 0 Å². The van der Waals surface area contributed by atoms with E-state index in [2.05, 4.69) is 70.7 Å². The number of nitroso groups, excluding NO2 is 1. The zero-order valence-electron chi connectivity index (χ0n) is 16.0. The Morgan fingerprint density at radius 2 is 1.41 bits per heavy atom. The molecule has 1 aliphatic carbocycles. The molecule has 0 saturated heterocycles. The summed E-state index contributed by atoms with van der Waals surface area (Å²) < 4.78 is 5.93. The van der Waals surface area contributed by atoms with Crippen LogP contribution in [0.3, 0.4) is 0 Å². The van der Waals surface area contributed by atoms with E-state index >= 15 is 0 Å². The summed E-state index contributed by atoms with van der Waals surface area (Å²) in [5.41, 5.74) is 2.74. The van der Waals surface area contributed by atoms with Crippen LogP contribution in [-0.2, 0) is 17.8 Å². The van der Waals surface area contributed by atoms with Gasteiger partial charge in [0.25, 0.3) is 0 Å². The lowest BCUT2D eigenvalue weighted by molar-refractivity contribution is 0.00415. The fraction of sp³-hybridized carbons (Fsp3) is 0.478. The highest BCUT2D eigenvalue weighted by molar-refractivity contribution is 5.17. The quantitative estimate of drug-likeness (QED) is 0.430. The third kappa shape index (κ3) is 6.56. The van der Waals surface area contributed by atoms with Crippen LogP contribution < -0.4 is 0 Å². The second-order valence-electron chi connectivity index (χ2n) is 7.38. The van der Waals surface area contributed by atoms with E-state index in [0.717, 1.165) is 45.2 Å². The van der Waals surface area contributed by atoms with Crippen LogP contribution >= 0.6 is 0 Å². The lowest BCUT2D eigenvalue weighted by Crippen LogP contribution is -2.38. The number of rotatable bonds is 10. The van der Waals surface area contributed by atoms with Crippen molar-refractivity contribution in [2.45, 2.75) is 57.3 Å². The monoisotopic (exact) mass is 366 g/mol. The van der Waals surface area contributed by atoms with Crippen molar-refractivity contribution in [3.05, 3.63) is 76.7 Å². The maximum Gasteiger partial charge on any atom is 0.0833 e. The van der Waals surface area contributed by atoms with E-state index in [1.165, 1.54) is 11.1 Å². The molecule has 4 nitrogen and oxygen atoms in total. The molecule has 0 heterocycles. The lowest BCUT2D eigenvalue weighted by Gasteiger charge is -2.37. The van der Waals surface area contributed by atoms with Crippen LogP contribution in [0.15, 0.2) is 65.8 Å². The van der Waals surface area contributed by atoms with E-state index in [-0.39, 0.29) is 0 Å². The van der Waals surface area contributed by atoms with Gasteiger partial charge in [-0.05, 0) is 43.2 Å². The van der Waals surface area contributed by atoms with Gasteiger partial charge >= 0.3 is 0 Å². The zero-order chi connectivity index (χ0) is 18.7. The maximum atomic E-state index is 10.2. The van der Waals surface area contributed by atoms with E-state index in [1.807, 2.05) is 0 Å². The Kier molecular flexibility index (Phi) is 8.00. The first-order valence-corrected chi connectivity index (χ1v) is 10.1. The summed E-state index contributed by atoms with van der Waals surface area (Å²) in [7, 11) is 0. The van der Waals surface area contributed by atoms with Gasteiger partial charge in [0.2, 0.25) is 0 Å². The van der Waals surface area contributed by atoms with Crippen LogP contribution in [0, 0.1) is 4.91 Å². The molecule has 1 saturated carbocycles. The molecule has 0 amide bonds. The highest BCUT2D eigenvalue weighted by atomic mass is 16.5. The molecular weight excluding hydrogens is 336 g/mol. The summed E-state index contributed by atoms with van der Waals surface area (Å²) in [6.45, 7) is 2.98. The molecule has 0 aliphatic heterocycles. The minimum atomic E-state index is 0.336. The molecule has 0 atom stereocenters. The van der Waals surface area contributed by atoms with E-state index < -0.39 is 0 Å². The van der Waals surface area contributed by atoms with Crippen LogP contribution in [0.1, 0.15) is 43.2 Å². The fourth-order valence-electron chi connectivity index (χ4n) is 3.91. The minimum Gasteiger partial charge on any atom is -0.378 e. The third-order valence-electron chi connectivity index (χ3n) is 5.36. The van der Waals surface area contributed by atoms with Crippen molar-refractivity contribution in [3.8, 4) is 0 Å². The number of hydrogen-bond acceptors (Lipinski definition) is 4. The lowest BCUT2D eigenvalue weighted by atomic mass is 9.91. The standard InChI is InChI=1S/C23H30N2O2/c26-24-16-7-17-27-23-14-12-22(13-15-23)25(18-20-8-3-1-4-9-20)19-21-10-5-2-6-11-21/h1-6,8-11,22-23H,7,12-19H2/t22-,23-. The topological polar surface area (TPSA) is 41.9 Å². The number of nitrogens with zero attached hydrogens (tertiary/aromatic N) is 2. The smallest absolute Gasteiger partial charge is 0.0833 e.